The van der Waals surface area contributed by atoms with E-state index in [0.717, 1.165) is 11.1 Å². The van der Waals surface area contributed by atoms with Crippen LogP contribution in [0.3, 0.4) is 0 Å². The SMILES string of the molecule is C/C(=N\N(CCC#N)C(=O)c1ccccc1)c1cc(C)ccc1N. The van der Waals surface area contributed by atoms with Gasteiger partial charge >= 0.3 is 0 Å². The molecule has 0 radical (unpaired) electrons. The van der Waals surface area contributed by atoms with Gasteiger partial charge in [0.15, 0.2) is 0 Å². The highest BCUT2D eigenvalue weighted by Gasteiger charge is 2.16. The summed E-state index contributed by atoms with van der Waals surface area (Å²) >= 11 is 0. The van der Waals surface area contributed by atoms with Gasteiger partial charge in [0, 0.05) is 16.8 Å². The molecule has 122 valence electrons. The minimum atomic E-state index is -0.239. The van der Waals surface area contributed by atoms with Gasteiger partial charge in [-0.2, -0.15) is 10.4 Å². The molecule has 24 heavy (non-hydrogen) atoms. The molecule has 2 aromatic carbocycles. The number of nitriles is 1. The van der Waals surface area contributed by atoms with Crippen LogP contribution in [0.1, 0.15) is 34.8 Å². The largest absolute Gasteiger partial charge is 0.398 e. The number of nitrogens with two attached hydrogens (primary N) is 1. The molecule has 0 unspecified atom stereocenters. The summed E-state index contributed by atoms with van der Waals surface area (Å²) < 4.78 is 0. The van der Waals surface area contributed by atoms with Gasteiger partial charge in [-0.1, -0.05) is 29.8 Å². The van der Waals surface area contributed by atoms with Gasteiger partial charge in [-0.25, -0.2) is 5.01 Å². The van der Waals surface area contributed by atoms with Crippen molar-refractivity contribution in [3.05, 3.63) is 65.2 Å². The molecule has 0 saturated carbocycles. The molecule has 0 bridgehead atoms. The van der Waals surface area contributed by atoms with Gasteiger partial charge in [-0.05, 0) is 38.1 Å². The molecular formula is C19H20N4O. The van der Waals surface area contributed by atoms with Crippen molar-refractivity contribution in [2.75, 3.05) is 12.3 Å². The van der Waals surface area contributed by atoms with Crippen molar-refractivity contribution in [2.24, 2.45) is 5.10 Å². The number of amides is 1. The molecule has 0 spiro atoms. The van der Waals surface area contributed by atoms with Crippen molar-refractivity contribution in [1.82, 2.24) is 5.01 Å². The van der Waals surface area contributed by atoms with E-state index in [1.807, 2.05) is 38.1 Å². The van der Waals surface area contributed by atoms with E-state index in [2.05, 4.69) is 11.2 Å². The van der Waals surface area contributed by atoms with Crippen molar-refractivity contribution in [3.63, 3.8) is 0 Å². The fourth-order valence-electron chi connectivity index (χ4n) is 2.30. The molecule has 0 aliphatic carbocycles. The summed E-state index contributed by atoms with van der Waals surface area (Å²) in [7, 11) is 0. The minimum Gasteiger partial charge on any atom is -0.398 e. The van der Waals surface area contributed by atoms with Crippen LogP contribution in [0.2, 0.25) is 0 Å². The molecule has 1 amide bonds. The third-order valence-corrected chi connectivity index (χ3v) is 3.56. The molecule has 5 heteroatoms. The number of nitrogen functional groups attached to an aromatic ring is 1. The number of benzene rings is 2. The molecular weight excluding hydrogens is 300 g/mol. The summed E-state index contributed by atoms with van der Waals surface area (Å²) in [5, 5.41) is 14.6. The zero-order chi connectivity index (χ0) is 17.5. The smallest absolute Gasteiger partial charge is 0.273 e. The summed E-state index contributed by atoms with van der Waals surface area (Å²) in [5.74, 6) is -0.239. The third-order valence-electron chi connectivity index (χ3n) is 3.56. The van der Waals surface area contributed by atoms with Gasteiger partial charge in [-0.3, -0.25) is 4.79 Å². The Labute approximate surface area is 142 Å². The van der Waals surface area contributed by atoms with Crippen LogP contribution in [0.15, 0.2) is 53.6 Å². The summed E-state index contributed by atoms with van der Waals surface area (Å²) in [5.41, 5.74) is 9.64. The Balaban J connectivity index is 2.35. The van der Waals surface area contributed by atoms with Crippen LogP contribution in [0.25, 0.3) is 0 Å². The lowest BCUT2D eigenvalue weighted by Gasteiger charge is -2.18. The number of carbonyl (C=O) groups excluding carboxylic acids is 1. The number of hydrogen-bond donors (Lipinski definition) is 1. The molecule has 2 N–H and O–H groups in total. The molecule has 0 heterocycles. The number of nitrogens with zero attached hydrogens (tertiary/aromatic N) is 3. The van der Waals surface area contributed by atoms with E-state index in [1.165, 1.54) is 5.01 Å². The molecule has 2 aromatic rings. The van der Waals surface area contributed by atoms with Crippen LogP contribution in [0.5, 0.6) is 0 Å². The van der Waals surface area contributed by atoms with Gasteiger partial charge in [0.05, 0.1) is 24.7 Å². The molecule has 0 fully saturated rings. The lowest BCUT2D eigenvalue weighted by atomic mass is 10.1. The first-order valence-corrected chi connectivity index (χ1v) is 7.68. The average molecular weight is 320 g/mol. The van der Waals surface area contributed by atoms with E-state index in [1.54, 1.807) is 24.3 Å². The highest BCUT2D eigenvalue weighted by Crippen LogP contribution is 2.16. The number of hydrazone groups is 1. The molecule has 2 rings (SSSR count). The topological polar surface area (TPSA) is 82.5 Å². The number of aryl methyl sites for hydroxylation is 1. The Bertz CT molecular complexity index is 791. The van der Waals surface area contributed by atoms with Crippen LogP contribution in [0, 0.1) is 18.3 Å². The fourth-order valence-corrected chi connectivity index (χ4v) is 2.30. The van der Waals surface area contributed by atoms with Gasteiger partial charge in [-0.15, -0.1) is 0 Å². The maximum atomic E-state index is 12.6. The Morgan fingerprint density at radius 1 is 1.25 bits per heavy atom. The second-order valence-corrected chi connectivity index (χ2v) is 5.48. The zero-order valence-corrected chi connectivity index (χ0v) is 13.9. The molecule has 0 aliphatic rings. The quantitative estimate of drug-likeness (QED) is 0.521. The lowest BCUT2D eigenvalue weighted by molar-refractivity contribution is 0.0764. The first-order valence-electron chi connectivity index (χ1n) is 7.68. The molecule has 0 saturated heterocycles. The normalized spacial score (nSPS) is 11.0. The van der Waals surface area contributed by atoms with Gasteiger partial charge in [0.1, 0.15) is 0 Å². The van der Waals surface area contributed by atoms with Crippen molar-refractivity contribution >= 4 is 17.3 Å². The van der Waals surface area contributed by atoms with E-state index in [4.69, 9.17) is 11.0 Å². The predicted octanol–water partition coefficient (Wildman–Crippen LogP) is 3.36. The van der Waals surface area contributed by atoms with Crippen molar-refractivity contribution in [1.29, 1.82) is 5.26 Å². The highest BCUT2D eigenvalue weighted by atomic mass is 16.2. The number of rotatable bonds is 5. The first-order chi connectivity index (χ1) is 11.5. The molecule has 0 aliphatic heterocycles. The maximum Gasteiger partial charge on any atom is 0.273 e. The molecule has 0 atom stereocenters. The van der Waals surface area contributed by atoms with E-state index in [9.17, 15) is 4.79 Å². The van der Waals surface area contributed by atoms with E-state index in [0.29, 0.717) is 17.0 Å². The van der Waals surface area contributed by atoms with E-state index >= 15 is 0 Å². The number of hydrogen-bond acceptors (Lipinski definition) is 4. The van der Waals surface area contributed by atoms with Crippen LogP contribution in [-0.2, 0) is 0 Å². The van der Waals surface area contributed by atoms with Crippen molar-refractivity contribution in [2.45, 2.75) is 20.3 Å². The van der Waals surface area contributed by atoms with Crippen LogP contribution < -0.4 is 5.73 Å². The van der Waals surface area contributed by atoms with Crippen molar-refractivity contribution < 1.29 is 4.79 Å². The standard InChI is InChI=1S/C19H20N4O/c1-14-9-10-18(21)17(13-14)15(2)22-23(12-6-11-20)19(24)16-7-4-3-5-8-16/h3-5,7-10,13H,6,12,21H2,1-2H3/b22-15+. The summed E-state index contributed by atoms with van der Waals surface area (Å²) in [6, 6.07) is 16.6. The number of anilines is 1. The fraction of sp³-hybridized carbons (Fsp3) is 0.211. The third kappa shape index (κ3) is 4.20. The summed E-state index contributed by atoms with van der Waals surface area (Å²) in [6.07, 6.45) is 0.207. The maximum absolute atomic E-state index is 12.6. The van der Waals surface area contributed by atoms with Crippen LogP contribution in [-0.4, -0.2) is 23.2 Å². The Morgan fingerprint density at radius 3 is 2.62 bits per heavy atom. The summed E-state index contributed by atoms with van der Waals surface area (Å²) in [4.78, 5) is 12.6. The van der Waals surface area contributed by atoms with E-state index in [-0.39, 0.29) is 18.9 Å². The Morgan fingerprint density at radius 2 is 1.96 bits per heavy atom. The predicted molar refractivity (Wildman–Crippen MR) is 95.5 cm³/mol. The number of carbonyl (C=O) groups is 1. The van der Waals surface area contributed by atoms with Crippen LogP contribution >= 0.6 is 0 Å². The highest BCUT2D eigenvalue weighted by molar-refractivity contribution is 6.04. The zero-order valence-electron chi connectivity index (χ0n) is 13.9. The van der Waals surface area contributed by atoms with Crippen LogP contribution in [0.4, 0.5) is 5.69 Å². The van der Waals surface area contributed by atoms with Gasteiger partial charge < -0.3 is 5.73 Å². The molecule has 0 aromatic heterocycles. The van der Waals surface area contributed by atoms with Gasteiger partial charge in [0.25, 0.3) is 5.91 Å². The van der Waals surface area contributed by atoms with Gasteiger partial charge in [0.2, 0.25) is 0 Å². The Kier molecular flexibility index (Phi) is 5.69. The second-order valence-electron chi connectivity index (χ2n) is 5.48. The lowest BCUT2D eigenvalue weighted by Crippen LogP contribution is -2.28. The first kappa shape index (κ1) is 17.2. The minimum absolute atomic E-state index is 0.207. The average Bonchev–Trinajstić information content (AvgIpc) is 2.60. The van der Waals surface area contributed by atoms with E-state index < -0.39 is 0 Å². The Hall–Kier alpha value is -3.13. The molecule has 5 nitrogen and oxygen atoms in total. The van der Waals surface area contributed by atoms with Crippen molar-refractivity contribution in [3.8, 4) is 6.07 Å². The second kappa shape index (κ2) is 7.93. The summed E-state index contributed by atoms with van der Waals surface area (Å²) in [6.45, 7) is 4.01. The monoisotopic (exact) mass is 320 g/mol.